The molecule has 1 N–H and O–H groups in total. The van der Waals surface area contributed by atoms with Crippen LogP contribution in [0.15, 0.2) is 46.9 Å². The summed E-state index contributed by atoms with van der Waals surface area (Å²) in [5.74, 6) is -2.70. The quantitative estimate of drug-likeness (QED) is 0.456. The molecule has 2 rings (SSSR count). The van der Waals surface area contributed by atoms with Crippen LogP contribution in [0.2, 0.25) is 0 Å². The second kappa shape index (κ2) is 7.40. The van der Waals surface area contributed by atoms with Crippen molar-refractivity contribution in [3.05, 3.63) is 46.9 Å². The van der Waals surface area contributed by atoms with Crippen molar-refractivity contribution in [1.29, 1.82) is 0 Å². The Morgan fingerprint density at radius 3 is 2.25 bits per heavy atom. The molecule has 1 amide bonds. The molecule has 0 spiro atoms. The number of amides is 1. The summed E-state index contributed by atoms with van der Waals surface area (Å²) in [4.78, 5) is 46.5. The summed E-state index contributed by atoms with van der Waals surface area (Å²) >= 11 is 0. The number of hydrogen-bond donors (Lipinski definition) is 1. The average molecular weight is 335 g/mol. The number of allylic oxidation sites excluding steroid dienone is 4. The van der Waals surface area contributed by atoms with Crippen LogP contribution < -0.4 is 0 Å². The van der Waals surface area contributed by atoms with Gasteiger partial charge in [-0.05, 0) is 18.6 Å². The summed E-state index contributed by atoms with van der Waals surface area (Å²) in [6.45, 7) is 4.66. The van der Waals surface area contributed by atoms with E-state index < -0.39 is 23.6 Å². The maximum absolute atomic E-state index is 12.3. The van der Waals surface area contributed by atoms with E-state index in [0.29, 0.717) is 11.3 Å². The van der Waals surface area contributed by atoms with Gasteiger partial charge in [-0.15, -0.1) is 0 Å². The minimum absolute atomic E-state index is 0.0433. The Hall–Kier alpha value is -3.16. The molecule has 128 valence electrons. The van der Waals surface area contributed by atoms with Crippen LogP contribution in [0.5, 0.6) is 0 Å². The Morgan fingerprint density at radius 2 is 1.83 bits per heavy atom. The van der Waals surface area contributed by atoms with Gasteiger partial charge in [0.25, 0.3) is 5.91 Å². The van der Waals surface area contributed by atoms with Gasteiger partial charge in [-0.2, -0.15) is 0 Å². The smallest absolute Gasteiger partial charge is 0.344 e. The predicted octanol–water partition coefficient (Wildman–Crippen LogP) is 0.572. The lowest BCUT2D eigenvalue weighted by Gasteiger charge is -2.19. The standard InChI is InChI=1S/C13H13NO5.C3H4O2/c1-6-5-7-8(10(15)11(6)18-3)9(13(17)19-4)12(16)14(7)2;1-2-3(4)5/h5H,1-4H3;2H,1H2,(H,4,5). The molecular weight excluding hydrogens is 318 g/mol. The third-order valence-corrected chi connectivity index (χ3v) is 3.30. The third-order valence-electron chi connectivity index (χ3n) is 3.30. The first-order valence-electron chi connectivity index (χ1n) is 6.68. The van der Waals surface area contributed by atoms with Gasteiger partial charge in [-0.25, -0.2) is 9.59 Å². The summed E-state index contributed by atoms with van der Waals surface area (Å²) in [5, 5.41) is 7.60. The molecule has 0 saturated heterocycles. The zero-order chi connectivity index (χ0) is 18.6. The lowest BCUT2D eigenvalue weighted by Crippen LogP contribution is -2.24. The predicted molar refractivity (Wildman–Crippen MR) is 82.4 cm³/mol. The summed E-state index contributed by atoms with van der Waals surface area (Å²) < 4.78 is 9.59. The van der Waals surface area contributed by atoms with Crippen molar-refractivity contribution in [2.24, 2.45) is 0 Å². The first-order chi connectivity index (χ1) is 11.2. The second-order valence-corrected chi connectivity index (χ2v) is 4.72. The number of aliphatic carboxylic acids is 1. The lowest BCUT2D eigenvalue weighted by atomic mass is 9.94. The number of fused-ring (bicyclic) bond motifs is 1. The number of ether oxygens (including phenoxy) is 2. The highest BCUT2D eigenvalue weighted by Gasteiger charge is 2.43. The van der Waals surface area contributed by atoms with Crippen molar-refractivity contribution < 1.29 is 33.8 Å². The SMILES string of the molecule is C=CC(=O)O.COC(=O)C1=C2C(=O)C(OC)=C(C)C=C2N(C)C1=O. The van der Waals surface area contributed by atoms with Gasteiger partial charge in [0, 0.05) is 13.1 Å². The number of Topliss-reactive ketones (excluding diaryl/α,β-unsaturated/α-hetero) is 1. The van der Waals surface area contributed by atoms with Gasteiger partial charge in [-0.1, -0.05) is 6.58 Å². The number of nitrogens with zero attached hydrogens (tertiary/aromatic N) is 1. The zero-order valence-corrected chi connectivity index (χ0v) is 13.7. The minimum Gasteiger partial charge on any atom is -0.492 e. The Balaban J connectivity index is 0.000000505. The molecule has 0 fully saturated rings. The van der Waals surface area contributed by atoms with Crippen LogP contribution in [0, 0.1) is 0 Å². The molecule has 2 aliphatic rings. The van der Waals surface area contributed by atoms with Crippen LogP contribution in [-0.2, 0) is 28.7 Å². The molecule has 0 bridgehead atoms. The van der Waals surface area contributed by atoms with E-state index in [1.54, 1.807) is 13.0 Å². The van der Waals surface area contributed by atoms with Gasteiger partial charge in [0.15, 0.2) is 5.76 Å². The van der Waals surface area contributed by atoms with Crippen LogP contribution in [-0.4, -0.2) is 54.9 Å². The van der Waals surface area contributed by atoms with Crippen molar-refractivity contribution in [2.75, 3.05) is 21.3 Å². The lowest BCUT2D eigenvalue weighted by molar-refractivity contribution is -0.139. The number of carboxylic acid groups (broad SMARTS) is 1. The highest BCUT2D eigenvalue weighted by molar-refractivity contribution is 6.29. The first-order valence-corrected chi connectivity index (χ1v) is 6.68. The van der Waals surface area contributed by atoms with Gasteiger partial charge >= 0.3 is 11.9 Å². The molecule has 0 aromatic rings. The fraction of sp³-hybridized carbons (Fsp3) is 0.250. The van der Waals surface area contributed by atoms with Gasteiger partial charge in [0.1, 0.15) is 5.57 Å². The zero-order valence-electron chi connectivity index (χ0n) is 13.7. The van der Waals surface area contributed by atoms with Gasteiger partial charge < -0.3 is 19.5 Å². The fourth-order valence-electron chi connectivity index (χ4n) is 2.19. The van der Waals surface area contributed by atoms with Crippen LogP contribution in [0.25, 0.3) is 0 Å². The number of carbonyl (C=O) groups is 4. The maximum Gasteiger partial charge on any atom is 0.344 e. The number of methoxy groups -OCH3 is 2. The van der Waals surface area contributed by atoms with Crippen molar-refractivity contribution in [2.45, 2.75) is 6.92 Å². The molecule has 0 aromatic carbocycles. The van der Waals surface area contributed by atoms with E-state index in [4.69, 9.17) is 9.84 Å². The molecule has 24 heavy (non-hydrogen) atoms. The summed E-state index contributed by atoms with van der Waals surface area (Å²) in [7, 11) is 4.04. The topological polar surface area (TPSA) is 110 Å². The number of hydrogen-bond acceptors (Lipinski definition) is 6. The summed E-state index contributed by atoms with van der Waals surface area (Å²) in [6.07, 6.45) is 2.48. The number of likely N-dealkylation sites (N-methyl/N-ethyl adjacent to an activating group) is 1. The summed E-state index contributed by atoms with van der Waals surface area (Å²) in [6, 6.07) is 0. The number of carboxylic acids is 1. The largest absolute Gasteiger partial charge is 0.492 e. The van der Waals surface area contributed by atoms with Gasteiger partial charge in [-0.3, -0.25) is 9.59 Å². The van der Waals surface area contributed by atoms with Crippen molar-refractivity contribution in [1.82, 2.24) is 4.90 Å². The van der Waals surface area contributed by atoms with E-state index in [2.05, 4.69) is 11.3 Å². The van der Waals surface area contributed by atoms with E-state index in [9.17, 15) is 19.2 Å². The Bertz CT molecular complexity index is 725. The maximum atomic E-state index is 12.3. The molecular formula is C16H17NO7. The molecule has 0 aromatic heterocycles. The van der Waals surface area contributed by atoms with Crippen LogP contribution in [0.1, 0.15) is 6.92 Å². The monoisotopic (exact) mass is 335 g/mol. The van der Waals surface area contributed by atoms with E-state index in [-0.39, 0.29) is 16.9 Å². The molecule has 0 atom stereocenters. The van der Waals surface area contributed by atoms with Gasteiger partial charge in [0.05, 0.1) is 25.5 Å². The Labute approximate surface area is 138 Å². The highest BCUT2D eigenvalue weighted by Crippen LogP contribution is 2.36. The minimum atomic E-state index is -0.981. The fourth-order valence-corrected chi connectivity index (χ4v) is 2.19. The molecule has 1 aliphatic carbocycles. The number of rotatable bonds is 3. The number of ketones is 1. The molecule has 1 heterocycles. The van der Waals surface area contributed by atoms with Gasteiger partial charge in [0.2, 0.25) is 5.78 Å². The van der Waals surface area contributed by atoms with E-state index in [1.165, 1.54) is 19.1 Å². The Kier molecular flexibility index (Phi) is 5.83. The first kappa shape index (κ1) is 18.9. The molecule has 8 heteroatoms. The van der Waals surface area contributed by atoms with Crippen molar-refractivity contribution in [3.63, 3.8) is 0 Å². The second-order valence-electron chi connectivity index (χ2n) is 4.72. The van der Waals surface area contributed by atoms with E-state index in [1.807, 2.05) is 0 Å². The number of carbonyl (C=O) groups excluding carboxylic acids is 3. The molecule has 8 nitrogen and oxygen atoms in total. The van der Waals surface area contributed by atoms with Crippen molar-refractivity contribution in [3.8, 4) is 0 Å². The molecule has 0 radical (unpaired) electrons. The van der Waals surface area contributed by atoms with Crippen molar-refractivity contribution >= 4 is 23.6 Å². The van der Waals surface area contributed by atoms with Crippen LogP contribution >= 0.6 is 0 Å². The third kappa shape index (κ3) is 3.27. The summed E-state index contributed by atoms with van der Waals surface area (Å²) in [5.41, 5.74) is 0.802. The molecule has 0 unspecified atom stereocenters. The van der Waals surface area contributed by atoms with Crippen LogP contribution in [0.3, 0.4) is 0 Å². The number of esters is 1. The molecule has 0 saturated carbocycles. The van der Waals surface area contributed by atoms with Crippen LogP contribution in [0.4, 0.5) is 0 Å². The van der Waals surface area contributed by atoms with E-state index >= 15 is 0 Å². The molecule has 1 aliphatic heterocycles. The average Bonchev–Trinajstić information content (AvgIpc) is 2.80. The normalized spacial score (nSPS) is 16.2. The Morgan fingerprint density at radius 1 is 1.29 bits per heavy atom. The highest BCUT2D eigenvalue weighted by atomic mass is 16.5. The van der Waals surface area contributed by atoms with E-state index in [0.717, 1.165) is 13.2 Å².